The van der Waals surface area contributed by atoms with Gasteiger partial charge in [0.15, 0.2) is 17.3 Å². The Hall–Kier alpha value is -3.68. The summed E-state index contributed by atoms with van der Waals surface area (Å²) in [5.74, 6) is 1.56. The number of amides is 1. The lowest BCUT2D eigenvalue weighted by atomic mass is 9.99. The first-order valence-corrected chi connectivity index (χ1v) is 10.2. The molecule has 0 radical (unpaired) electrons. The molecule has 1 aliphatic heterocycles. The quantitative estimate of drug-likeness (QED) is 0.635. The molecule has 8 nitrogen and oxygen atoms in total. The number of ether oxygens (including phenoxy) is 2. The topological polar surface area (TPSA) is 106 Å². The molecule has 0 spiro atoms. The Balaban J connectivity index is 1.54. The van der Waals surface area contributed by atoms with E-state index in [9.17, 15) is 9.59 Å². The Morgan fingerprint density at radius 1 is 1.13 bits per heavy atom. The average molecular weight is 420 g/mol. The van der Waals surface area contributed by atoms with Gasteiger partial charge in [-0.2, -0.15) is 0 Å². The molecule has 0 fully saturated rings. The number of hydrogen-bond donors (Lipinski definition) is 2. The molecule has 1 atom stereocenters. The van der Waals surface area contributed by atoms with Crippen LogP contribution in [0, 0.1) is 5.92 Å². The SMILES string of the molecule is CC(C)C(NC(=O)Cc1ccc2c(c1)OCCO2)c1cc(=O)[nH]c(-c2ccccn2)n1. The normalized spacial score (nSPS) is 13.6. The zero-order valence-electron chi connectivity index (χ0n) is 17.4. The summed E-state index contributed by atoms with van der Waals surface area (Å²) in [6, 6.07) is 11.9. The van der Waals surface area contributed by atoms with Crippen molar-refractivity contribution in [1.82, 2.24) is 20.3 Å². The van der Waals surface area contributed by atoms with Gasteiger partial charge in [0.1, 0.15) is 18.9 Å². The van der Waals surface area contributed by atoms with Gasteiger partial charge in [-0.15, -0.1) is 0 Å². The number of aromatic amines is 1. The minimum atomic E-state index is -0.422. The lowest BCUT2D eigenvalue weighted by Crippen LogP contribution is -2.34. The summed E-state index contributed by atoms with van der Waals surface area (Å²) >= 11 is 0. The number of carbonyl (C=O) groups excluding carboxylic acids is 1. The van der Waals surface area contributed by atoms with E-state index in [0.717, 1.165) is 5.56 Å². The molecule has 2 aromatic heterocycles. The van der Waals surface area contributed by atoms with E-state index in [-0.39, 0.29) is 23.8 Å². The van der Waals surface area contributed by atoms with Crippen LogP contribution in [0.1, 0.15) is 31.1 Å². The molecule has 3 aromatic rings. The van der Waals surface area contributed by atoms with Crippen LogP contribution in [0.15, 0.2) is 53.5 Å². The van der Waals surface area contributed by atoms with Crippen LogP contribution in [-0.2, 0) is 11.2 Å². The zero-order valence-corrected chi connectivity index (χ0v) is 17.4. The third kappa shape index (κ3) is 4.91. The molecule has 31 heavy (non-hydrogen) atoms. The minimum absolute atomic E-state index is 0.0232. The second kappa shape index (κ2) is 8.99. The van der Waals surface area contributed by atoms with Gasteiger partial charge >= 0.3 is 0 Å². The van der Waals surface area contributed by atoms with Gasteiger partial charge in [0, 0.05) is 12.3 Å². The van der Waals surface area contributed by atoms with Crippen LogP contribution in [0.3, 0.4) is 0 Å². The fraction of sp³-hybridized carbons (Fsp3) is 0.304. The van der Waals surface area contributed by atoms with Crippen LogP contribution in [0.2, 0.25) is 0 Å². The first kappa shape index (κ1) is 20.6. The summed E-state index contributed by atoms with van der Waals surface area (Å²) in [7, 11) is 0. The largest absolute Gasteiger partial charge is 0.486 e. The summed E-state index contributed by atoms with van der Waals surface area (Å²) < 4.78 is 11.1. The number of carbonyl (C=O) groups is 1. The predicted octanol–water partition coefficient (Wildman–Crippen LogP) is 2.66. The molecule has 1 unspecified atom stereocenters. The number of fused-ring (bicyclic) bond motifs is 1. The summed E-state index contributed by atoms with van der Waals surface area (Å²) in [6.07, 6.45) is 1.81. The van der Waals surface area contributed by atoms with Crippen molar-refractivity contribution in [3.05, 3.63) is 70.3 Å². The molecular weight excluding hydrogens is 396 g/mol. The van der Waals surface area contributed by atoms with Gasteiger partial charge in [-0.3, -0.25) is 14.6 Å². The van der Waals surface area contributed by atoms with Crippen molar-refractivity contribution in [3.63, 3.8) is 0 Å². The van der Waals surface area contributed by atoms with Gasteiger partial charge in [-0.25, -0.2) is 4.98 Å². The van der Waals surface area contributed by atoms with E-state index in [1.807, 2.05) is 38.1 Å². The predicted molar refractivity (Wildman–Crippen MR) is 115 cm³/mol. The molecule has 0 aliphatic carbocycles. The molecule has 2 N–H and O–H groups in total. The van der Waals surface area contributed by atoms with Crippen molar-refractivity contribution >= 4 is 5.91 Å². The lowest BCUT2D eigenvalue weighted by molar-refractivity contribution is -0.121. The fourth-order valence-electron chi connectivity index (χ4n) is 3.45. The number of nitrogens with one attached hydrogen (secondary N) is 2. The molecule has 4 rings (SSSR count). The minimum Gasteiger partial charge on any atom is -0.486 e. The van der Waals surface area contributed by atoms with Crippen LogP contribution in [0.4, 0.5) is 0 Å². The Bertz CT molecular complexity index is 1130. The maximum atomic E-state index is 12.8. The average Bonchev–Trinajstić information content (AvgIpc) is 2.77. The molecule has 1 aliphatic rings. The number of benzene rings is 1. The summed E-state index contributed by atoms with van der Waals surface area (Å²) in [4.78, 5) is 36.6. The maximum Gasteiger partial charge on any atom is 0.251 e. The third-order valence-corrected chi connectivity index (χ3v) is 4.94. The molecule has 0 saturated carbocycles. The first-order valence-electron chi connectivity index (χ1n) is 10.2. The molecule has 8 heteroatoms. The molecule has 0 saturated heterocycles. The molecule has 0 bridgehead atoms. The smallest absolute Gasteiger partial charge is 0.251 e. The van der Waals surface area contributed by atoms with Crippen molar-refractivity contribution < 1.29 is 14.3 Å². The van der Waals surface area contributed by atoms with E-state index in [1.54, 1.807) is 18.3 Å². The lowest BCUT2D eigenvalue weighted by Gasteiger charge is -2.23. The van der Waals surface area contributed by atoms with Gasteiger partial charge in [0.2, 0.25) is 5.91 Å². The first-order chi connectivity index (χ1) is 15.0. The van der Waals surface area contributed by atoms with Gasteiger partial charge in [0.05, 0.1) is 18.2 Å². The molecule has 1 aromatic carbocycles. The molecule has 3 heterocycles. The van der Waals surface area contributed by atoms with Crippen molar-refractivity contribution in [2.75, 3.05) is 13.2 Å². The van der Waals surface area contributed by atoms with Gasteiger partial charge in [0.25, 0.3) is 5.56 Å². The number of aromatic nitrogens is 3. The van der Waals surface area contributed by atoms with Crippen LogP contribution in [0.5, 0.6) is 11.5 Å². The summed E-state index contributed by atoms with van der Waals surface area (Å²) in [5.41, 5.74) is 1.58. The molecule has 160 valence electrons. The van der Waals surface area contributed by atoms with Gasteiger partial charge in [-0.05, 0) is 35.7 Å². The van der Waals surface area contributed by atoms with E-state index >= 15 is 0 Å². The summed E-state index contributed by atoms with van der Waals surface area (Å²) in [5, 5.41) is 3.02. The van der Waals surface area contributed by atoms with E-state index in [4.69, 9.17) is 9.47 Å². The highest BCUT2D eigenvalue weighted by Gasteiger charge is 2.22. The Morgan fingerprint density at radius 3 is 2.68 bits per heavy atom. The third-order valence-electron chi connectivity index (χ3n) is 4.94. The standard InChI is InChI=1S/C23H24N4O4/c1-14(2)22(17-13-21(29)27-23(25-17)16-5-3-4-8-24-16)26-20(28)12-15-6-7-18-19(11-15)31-10-9-30-18/h3-8,11,13-14,22H,9-10,12H2,1-2H3,(H,26,28)(H,25,27,29). The highest BCUT2D eigenvalue weighted by molar-refractivity contribution is 5.79. The zero-order chi connectivity index (χ0) is 21.8. The second-order valence-electron chi connectivity index (χ2n) is 7.68. The number of hydrogen-bond acceptors (Lipinski definition) is 6. The monoisotopic (exact) mass is 420 g/mol. The van der Waals surface area contributed by atoms with Gasteiger partial charge in [-0.1, -0.05) is 26.0 Å². The number of rotatable bonds is 6. The van der Waals surface area contributed by atoms with Crippen LogP contribution in [0.25, 0.3) is 11.5 Å². The Morgan fingerprint density at radius 2 is 1.94 bits per heavy atom. The second-order valence-corrected chi connectivity index (χ2v) is 7.68. The van der Waals surface area contributed by atoms with Crippen molar-refractivity contribution in [1.29, 1.82) is 0 Å². The number of nitrogens with zero attached hydrogens (tertiary/aromatic N) is 2. The Labute approximate surface area is 179 Å². The highest BCUT2D eigenvalue weighted by Crippen LogP contribution is 2.31. The number of H-pyrrole nitrogens is 1. The van der Waals surface area contributed by atoms with Crippen LogP contribution in [-0.4, -0.2) is 34.1 Å². The van der Waals surface area contributed by atoms with Crippen molar-refractivity contribution in [2.24, 2.45) is 5.92 Å². The van der Waals surface area contributed by atoms with Crippen molar-refractivity contribution in [3.8, 4) is 23.0 Å². The fourth-order valence-corrected chi connectivity index (χ4v) is 3.45. The van der Waals surface area contributed by atoms with Crippen molar-refractivity contribution in [2.45, 2.75) is 26.3 Å². The highest BCUT2D eigenvalue weighted by atomic mass is 16.6. The molecule has 1 amide bonds. The van der Waals surface area contributed by atoms with Crippen LogP contribution < -0.4 is 20.3 Å². The van der Waals surface area contributed by atoms with Gasteiger partial charge < -0.3 is 19.8 Å². The maximum absolute atomic E-state index is 12.8. The molecular formula is C23H24N4O4. The van der Waals surface area contributed by atoms with E-state index in [1.165, 1.54) is 6.07 Å². The number of pyridine rings is 1. The van der Waals surface area contributed by atoms with Crippen LogP contribution >= 0.6 is 0 Å². The van der Waals surface area contributed by atoms with E-state index < -0.39 is 6.04 Å². The Kier molecular flexibility index (Phi) is 5.97. The summed E-state index contributed by atoms with van der Waals surface area (Å²) in [6.45, 7) is 4.95. The van der Waals surface area contributed by atoms with E-state index in [0.29, 0.717) is 41.9 Å². The van der Waals surface area contributed by atoms with E-state index in [2.05, 4.69) is 20.3 Å².